The molecular weight excluding hydrogens is 1000 g/mol. The van der Waals surface area contributed by atoms with Crippen LogP contribution in [0.3, 0.4) is 0 Å². The molecular formula is C73H100O8. The highest BCUT2D eigenvalue weighted by molar-refractivity contribution is 5.89. The second-order valence-electron chi connectivity index (χ2n) is 22.7. The fraction of sp³-hybridized carbons (Fsp3) is 0.507. The quantitative estimate of drug-likeness (QED) is 0.0246. The second kappa shape index (κ2) is 39.2. The van der Waals surface area contributed by atoms with Gasteiger partial charge in [-0.1, -0.05) is 255 Å². The monoisotopic (exact) mass is 1100 g/mol. The minimum Gasteiger partial charge on any atom is -0.462 e. The van der Waals surface area contributed by atoms with Crippen LogP contribution in [0.5, 0.6) is 0 Å². The Kier molecular flexibility index (Phi) is 32.5. The van der Waals surface area contributed by atoms with Crippen LogP contribution >= 0.6 is 0 Å². The van der Waals surface area contributed by atoms with Crippen LogP contribution in [-0.2, 0) is 63.8 Å². The van der Waals surface area contributed by atoms with E-state index in [1.807, 2.05) is 48.5 Å². The molecule has 0 saturated heterocycles. The zero-order valence-corrected chi connectivity index (χ0v) is 50.9. The molecule has 4 unspecified atom stereocenters. The largest absolute Gasteiger partial charge is 0.462 e. The lowest BCUT2D eigenvalue weighted by atomic mass is 9.91. The van der Waals surface area contributed by atoms with Crippen LogP contribution in [0.4, 0.5) is 0 Å². The van der Waals surface area contributed by atoms with E-state index in [-0.39, 0.29) is 0 Å². The van der Waals surface area contributed by atoms with E-state index in [0.29, 0.717) is 23.7 Å². The predicted molar refractivity (Wildman–Crippen MR) is 336 cm³/mol. The van der Waals surface area contributed by atoms with Gasteiger partial charge in [-0.3, -0.25) is 0 Å². The number of ether oxygens (including phenoxy) is 4. The highest BCUT2D eigenvalue weighted by Gasteiger charge is 2.37. The van der Waals surface area contributed by atoms with Crippen LogP contribution in [0.15, 0.2) is 121 Å². The molecule has 4 aromatic carbocycles. The van der Waals surface area contributed by atoms with Crippen molar-refractivity contribution in [1.29, 1.82) is 0 Å². The van der Waals surface area contributed by atoms with E-state index in [9.17, 15) is 19.2 Å². The van der Waals surface area contributed by atoms with E-state index < -0.39 is 55.7 Å². The summed E-state index contributed by atoms with van der Waals surface area (Å²) in [4.78, 5) is 54.3. The molecule has 4 aromatic rings. The minimum atomic E-state index is -1.50. The van der Waals surface area contributed by atoms with Gasteiger partial charge in [0.05, 0.1) is 0 Å². The first-order valence-corrected chi connectivity index (χ1v) is 31.1. The molecule has 81 heavy (non-hydrogen) atoms. The molecule has 8 nitrogen and oxygen atoms in total. The Morgan fingerprint density at radius 2 is 0.531 bits per heavy atom. The van der Waals surface area contributed by atoms with Crippen LogP contribution in [0.25, 0.3) is 24.3 Å². The Labute approximate surface area is 489 Å². The van der Waals surface area contributed by atoms with Crippen molar-refractivity contribution in [3.63, 3.8) is 0 Å². The first kappa shape index (κ1) is 67.2. The Morgan fingerprint density at radius 1 is 0.333 bits per heavy atom. The minimum absolute atomic E-state index is 0.411. The van der Waals surface area contributed by atoms with E-state index in [1.54, 1.807) is 24.3 Å². The predicted octanol–water partition coefficient (Wildman–Crippen LogP) is 18.0. The highest BCUT2D eigenvalue weighted by atomic mass is 16.6. The van der Waals surface area contributed by atoms with E-state index in [2.05, 4.69) is 104 Å². The summed E-state index contributed by atoms with van der Waals surface area (Å²) in [6, 6.07) is 32.7. The molecule has 0 radical (unpaired) electrons. The Balaban J connectivity index is 1.59. The maximum Gasteiger partial charge on any atom is 0.330 e. The third kappa shape index (κ3) is 27.4. The van der Waals surface area contributed by atoms with E-state index in [4.69, 9.17) is 18.9 Å². The number of carbonyl (C=O) groups excluding carboxylic acids is 4. The normalized spacial score (nSPS) is 14.0. The van der Waals surface area contributed by atoms with Gasteiger partial charge in [-0.25, -0.2) is 19.2 Å². The van der Waals surface area contributed by atoms with Crippen molar-refractivity contribution in [3.05, 3.63) is 166 Å². The fourth-order valence-electron chi connectivity index (χ4n) is 10.2. The Bertz CT molecular complexity index is 2160. The smallest absolute Gasteiger partial charge is 0.330 e. The summed E-state index contributed by atoms with van der Waals surface area (Å²) in [6.45, 7) is 16.2. The summed E-state index contributed by atoms with van der Waals surface area (Å²) in [5, 5.41) is 0. The number of benzene rings is 4. The van der Waals surface area contributed by atoms with Crippen LogP contribution < -0.4 is 0 Å². The van der Waals surface area contributed by atoms with Gasteiger partial charge < -0.3 is 18.9 Å². The van der Waals surface area contributed by atoms with Gasteiger partial charge in [-0.05, 0) is 118 Å². The molecule has 0 aliphatic rings. The zero-order chi connectivity index (χ0) is 58.5. The molecule has 440 valence electrons. The number of carbonyl (C=O) groups is 4. The number of rotatable bonds is 40. The van der Waals surface area contributed by atoms with Gasteiger partial charge in [0, 0.05) is 24.3 Å². The van der Waals surface area contributed by atoms with Crippen molar-refractivity contribution in [2.24, 2.45) is 29.1 Å². The lowest BCUT2D eigenvalue weighted by Crippen LogP contribution is -2.43. The molecule has 4 atom stereocenters. The van der Waals surface area contributed by atoms with E-state index in [1.165, 1.54) is 124 Å². The van der Waals surface area contributed by atoms with E-state index in [0.717, 1.165) is 73.6 Å². The average Bonchev–Trinajstić information content (AvgIpc) is 3.50. The number of unbranched alkanes of at least 4 members (excludes halogenated alkanes) is 4. The SMILES string of the molecule is CCCCC(CC)Cc1ccc(/C=C/C(=O)OCC(COC(=O)/C=C/c2ccc(CC(CC)CCCC)cc2)(COC(=O)/C=C/c2ccc(CC(CC)CCCC)cc2)COC(=O)/C=C/c2ccc(CC(CC)CCCC)cc2)cc1. The highest BCUT2D eigenvalue weighted by Crippen LogP contribution is 2.26. The molecule has 0 fully saturated rings. The molecule has 0 aromatic heterocycles. The van der Waals surface area contributed by atoms with E-state index >= 15 is 0 Å². The van der Waals surface area contributed by atoms with Crippen molar-refractivity contribution < 1.29 is 38.1 Å². The summed E-state index contributed by atoms with van der Waals surface area (Å²) in [5.74, 6) is -0.165. The van der Waals surface area contributed by atoms with Gasteiger partial charge >= 0.3 is 23.9 Å². The van der Waals surface area contributed by atoms with Gasteiger partial charge in [0.1, 0.15) is 31.8 Å². The third-order valence-electron chi connectivity index (χ3n) is 15.9. The summed E-state index contributed by atoms with van der Waals surface area (Å²) in [5.41, 5.74) is 6.83. The lowest BCUT2D eigenvalue weighted by Gasteiger charge is -2.31. The van der Waals surface area contributed by atoms with Crippen LogP contribution in [0.2, 0.25) is 0 Å². The molecule has 4 rings (SSSR count). The maximum atomic E-state index is 13.6. The van der Waals surface area contributed by atoms with Crippen molar-refractivity contribution in [1.82, 2.24) is 0 Å². The lowest BCUT2D eigenvalue weighted by molar-refractivity contribution is -0.164. The molecule has 0 spiro atoms. The molecule has 0 saturated carbocycles. The van der Waals surface area contributed by atoms with Gasteiger partial charge in [-0.2, -0.15) is 0 Å². The maximum absolute atomic E-state index is 13.6. The molecule has 0 amide bonds. The fourth-order valence-corrected chi connectivity index (χ4v) is 10.2. The van der Waals surface area contributed by atoms with Crippen molar-refractivity contribution >= 4 is 48.2 Å². The Morgan fingerprint density at radius 3 is 0.704 bits per heavy atom. The van der Waals surface area contributed by atoms with Gasteiger partial charge in [0.2, 0.25) is 0 Å². The molecule has 0 heterocycles. The summed E-state index contributed by atoms with van der Waals surface area (Å²) >= 11 is 0. The van der Waals surface area contributed by atoms with Crippen LogP contribution in [0, 0.1) is 29.1 Å². The van der Waals surface area contributed by atoms with Crippen molar-refractivity contribution in [2.75, 3.05) is 26.4 Å². The topological polar surface area (TPSA) is 105 Å². The van der Waals surface area contributed by atoms with Crippen LogP contribution in [0.1, 0.15) is 203 Å². The van der Waals surface area contributed by atoms with Gasteiger partial charge in [0.25, 0.3) is 0 Å². The van der Waals surface area contributed by atoms with Gasteiger partial charge in [0.15, 0.2) is 0 Å². The molecule has 0 N–H and O–H groups in total. The molecule has 0 aliphatic heterocycles. The zero-order valence-electron chi connectivity index (χ0n) is 50.9. The average molecular weight is 1110 g/mol. The molecule has 8 heteroatoms. The number of esters is 4. The second-order valence-corrected chi connectivity index (χ2v) is 22.7. The Hall–Kier alpha value is -6.28. The number of hydrogen-bond donors (Lipinski definition) is 0. The molecule has 0 aliphatic carbocycles. The summed E-state index contributed by atoms with van der Waals surface area (Å²) in [7, 11) is 0. The van der Waals surface area contributed by atoms with Crippen molar-refractivity contribution in [3.8, 4) is 0 Å². The molecule has 0 bridgehead atoms. The summed E-state index contributed by atoms with van der Waals surface area (Å²) < 4.78 is 23.6. The first-order chi connectivity index (χ1) is 39.3. The van der Waals surface area contributed by atoms with Crippen LogP contribution in [-0.4, -0.2) is 50.3 Å². The third-order valence-corrected chi connectivity index (χ3v) is 15.9. The number of hydrogen-bond acceptors (Lipinski definition) is 8. The first-order valence-electron chi connectivity index (χ1n) is 31.1. The standard InChI is InChI=1S/C73H100O8/c1-9-17-21-57(13-5)49-65-33-25-61(26-34-65)41-45-69(74)78-53-73(54-79-70(75)46-42-62-27-35-66(36-28-62)50-58(14-6)22-18-10-2,55-80-71(76)47-43-63-29-37-67(38-30-63)51-59(15-7)23-19-11-3)56-81-72(77)48-44-64-31-39-68(40-32-64)52-60(16-8)24-20-12-4/h25-48,57-60H,9-24,49-56H2,1-8H3/b45-41+,46-42+,47-43+,48-44+. The summed E-state index contributed by atoms with van der Waals surface area (Å²) in [6.07, 6.45) is 35.1. The van der Waals surface area contributed by atoms with Crippen molar-refractivity contribution in [2.45, 2.75) is 184 Å². The van der Waals surface area contributed by atoms with Gasteiger partial charge in [-0.15, -0.1) is 0 Å².